The third-order valence-corrected chi connectivity index (χ3v) is 3.86. The summed E-state index contributed by atoms with van der Waals surface area (Å²) >= 11 is 0. The van der Waals surface area contributed by atoms with Crippen LogP contribution in [0.3, 0.4) is 0 Å². The number of anilines is 3. The summed E-state index contributed by atoms with van der Waals surface area (Å²) in [5, 5.41) is 6.71. The maximum atomic E-state index is 4.61. The summed E-state index contributed by atoms with van der Waals surface area (Å²) in [7, 11) is 0. The predicted octanol–water partition coefficient (Wildman–Crippen LogP) is 2.89. The van der Waals surface area contributed by atoms with Gasteiger partial charge in [-0.2, -0.15) is 15.0 Å². The first-order valence-electron chi connectivity index (χ1n) is 8.28. The number of nitrogens with zero attached hydrogens (tertiary/aromatic N) is 4. The first-order chi connectivity index (χ1) is 10.3. The first kappa shape index (κ1) is 15.8. The monoisotopic (exact) mass is 292 g/mol. The summed E-state index contributed by atoms with van der Waals surface area (Å²) in [6.45, 7) is 9.47. The van der Waals surface area contributed by atoms with Gasteiger partial charge in [0, 0.05) is 25.7 Å². The molecule has 0 bridgehead atoms. The lowest BCUT2D eigenvalue weighted by atomic mass is 10.2. The molecule has 1 saturated heterocycles. The third-order valence-electron chi connectivity index (χ3n) is 3.86. The highest BCUT2D eigenvalue weighted by Gasteiger charge is 2.18. The Bertz CT molecular complexity index is 426. The zero-order chi connectivity index (χ0) is 15.1. The molecule has 6 nitrogen and oxygen atoms in total. The van der Waals surface area contributed by atoms with E-state index in [0.717, 1.165) is 44.8 Å². The molecule has 0 aromatic carbocycles. The number of hydrogen-bond acceptors (Lipinski definition) is 6. The van der Waals surface area contributed by atoms with E-state index in [1.807, 2.05) is 0 Å². The summed E-state index contributed by atoms with van der Waals surface area (Å²) in [5.41, 5.74) is 0. The molecule has 6 heteroatoms. The molecule has 0 amide bonds. The second-order valence-electron chi connectivity index (χ2n) is 5.56. The van der Waals surface area contributed by atoms with Crippen molar-refractivity contribution >= 4 is 17.8 Å². The highest BCUT2D eigenvalue weighted by molar-refractivity contribution is 5.44. The Morgan fingerprint density at radius 3 is 2.29 bits per heavy atom. The van der Waals surface area contributed by atoms with Crippen LogP contribution in [0.25, 0.3) is 0 Å². The minimum absolute atomic E-state index is 0.415. The Balaban J connectivity index is 2.18. The topological polar surface area (TPSA) is 66.0 Å². The average Bonchev–Trinajstić information content (AvgIpc) is 3.05. The minimum atomic E-state index is 0.415. The van der Waals surface area contributed by atoms with Crippen LogP contribution in [0.4, 0.5) is 17.8 Å². The van der Waals surface area contributed by atoms with E-state index >= 15 is 0 Å². The fourth-order valence-electron chi connectivity index (χ4n) is 2.48. The molecule has 1 aliphatic heterocycles. The van der Waals surface area contributed by atoms with Gasteiger partial charge in [0.25, 0.3) is 0 Å². The van der Waals surface area contributed by atoms with Gasteiger partial charge in [-0.15, -0.1) is 0 Å². The Kier molecular flexibility index (Phi) is 6.02. The normalized spacial score (nSPS) is 14.8. The van der Waals surface area contributed by atoms with Crippen molar-refractivity contribution in [3.8, 4) is 0 Å². The summed E-state index contributed by atoms with van der Waals surface area (Å²) in [5.74, 6) is 2.18. The van der Waals surface area contributed by atoms with E-state index in [2.05, 4.69) is 51.3 Å². The Hall–Kier alpha value is -1.59. The van der Waals surface area contributed by atoms with Gasteiger partial charge in [-0.25, -0.2) is 0 Å². The smallest absolute Gasteiger partial charge is 0.231 e. The number of aromatic nitrogens is 3. The lowest BCUT2D eigenvalue weighted by Crippen LogP contribution is -2.24. The molecule has 0 unspecified atom stereocenters. The van der Waals surface area contributed by atoms with Crippen LogP contribution in [-0.4, -0.2) is 40.6 Å². The van der Waals surface area contributed by atoms with Gasteiger partial charge in [-0.1, -0.05) is 20.8 Å². The van der Waals surface area contributed by atoms with Gasteiger partial charge in [0.2, 0.25) is 17.8 Å². The summed E-state index contributed by atoms with van der Waals surface area (Å²) in [6, 6.07) is 0.415. The van der Waals surface area contributed by atoms with E-state index in [1.54, 1.807) is 0 Å². The predicted molar refractivity (Wildman–Crippen MR) is 88.0 cm³/mol. The molecule has 1 aromatic rings. The standard InChI is InChI=1S/C15H28N6/c1-4-9-16-13-18-14(17-12(5-2)6-3)20-15(19-13)21-10-7-8-11-21/h12H,4-11H2,1-3H3,(H2,16,17,18,19,20). The molecule has 1 fully saturated rings. The number of hydrogen-bond donors (Lipinski definition) is 2. The molecule has 1 aromatic heterocycles. The van der Waals surface area contributed by atoms with Crippen molar-refractivity contribution in [2.45, 2.75) is 58.9 Å². The van der Waals surface area contributed by atoms with Crippen LogP contribution in [0.15, 0.2) is 0 Å². The quantitative estimate of drug-likeness (QED) is 0.768. The van der Waals surface area contributed by atoms with Crippen molar-refractivity contribution in [1.82, 2.24) is 15.0 Å². The third kappa shape index (κ3) is 4.44. The van der Waals surface area contributed by atoms with Gasteiger partial charge in [0.15, 0.2) is 0 Å². The van der Waals surface area contributed by atoms with Crippen molar-refractivity contribution < 1.29 is 0 Å². The van der Waals surface area contributed by atoms with Crippen LogP contribution in [0.5, 0.6) is 0 Å². The molecule has 0 atom stereocenters. The average molecular weight is 292 g/mol. The second kappa shape index (κ2) is 8.00. The molecule has 0 saturated carbocycles. The first-order valence-corrected chi connectivity index (χ1v) is 8.28. The molecule has 2 heterocycles. The van der Waals surface area contributed by atoms with E-state index in [9.17, 15) is 0 Å². The zero-order valence-electron chi connectivity index (χ0n) is 13.5. The maximum absolute atomic E-state index is 4.61. The van der Waals surface area contributed by atoms with E-state index in [0.29, 0.717) is 17.9 Å². The van der Waals surface area contributed by atoms with Crippen molar-refractivity contribution in [2.24, 2.45) is 0 Å². The molecule has 2 rings (SSSR count). The van der Waals surface area contributed by atoms with Crippen LogP contribution < -0.4 is 15.5 Å². The highest BCUT2D eigenvalue weighted by Crippen LogP contribution is 2.19. The van der Waals surface area contributed by atoms with Crippen LogP contribution in [-0.2, 0) is 0 Å². The number of rotatable bonds is 8. The molecular formula is C15H28N6. The second-order valence-corrected chi connectivity index (χ2v) is 5.56. The zero-order valence-corrected chi connectivity index (χ0v) is 13.5. The van der Waals surface area contributed by atoms with Crippen LogP contribution in [0.2, 0.25) is 0 Å². The maximum Gasteiger partial charge on any atom is 0.231 e. The number of nitrogens with one attached hydrogen (secondary N) is 2. The summed E-state index contributed by atoms with van der Waals surface area (Å²) in [6.07, 6.45) is 5.63. The molecule has 0 radical (unpaired) electrons. The van der Waals surface area contributed by atoms with Crippen molar-refractivity contribution in [3.63, 3.8) is 0 Å². The Labute approximate surface area is 127 Å². The molecular weight excluding hydrogens is 264 g/mol. The Morgan fingerprint density at radius 2 is 1.67 bits per heavy atom. The van der Waals surface area contributed by atoms with Gasteiger partial charge >= 0.3 is 0 Å². The summed E-state index contributed by atoms with van der Waals surface area (Å²) < 4.78 is 0. The molecule has 1 aliphatic rings. The molecule has 118 valence electrons. The van der Waals surface area contributed by atoms with Gasteiger partial charge in [0.05, 0.1) is 0 Å². The van der Waals surface area contributed by atoms with Gasteiger partial charge in [0.1, 0.15) is 0 Å². The van der Waals surface area contributed by atoms with Crippen molar-refractivity contribution in [3.05, 3.63) is 0 Å². The Morgan fingerprint density at radius 1 is 1.00 bits per heavy atom. The largest absolute Gasteiger partial charge is 0.354 e. The van der Waals surface area contributed by atoms with Crippen LogP contribution in [0, 0.1) is 0 Å². The minimum Gasteiger partial charge on any atom is -0.354 e. The van der Waals surface area contributed by atoms with E-state index in [4.69, 9.17) is 0 Å². The van der Waals surface area contributed by atoms with Gasteiger partial charge in [-0.3, -0.25) is 0 Å². The molecule has 0 aliphatic carbocycles. The van der Waals surface area contributed by atoms with E-state index in [1.165, 1.54) is 12.8 Å². The SMILES string of the molecule is CCCNc1nc(NC(CC)CC)nc(N2CCCC2)n1. The fourth-order valence-corrected chi connectivity index (χ4v) is 2.48. The summed E-state index contributed by atoms with van der Waals surface area (Å²) in [4.78, 5) is 15.9. The lowest BCUT2D eigenvalue weighted by molar-refractivity contribution is 0.663. The van der Waals surface area contributed by atoms with Gasteiger partial charge < -0.3 is 15.5 Å². The van der Waals surface area contributed by atoms with Crippen LogP contribution in [0.1, 0.15) is 52.9 Å². The van der Waals surface area contributed by atoms with Gasteiger partial charge in [-0.05, 0) is 32.1 Å². The fraction of sp³-hybridized carbons (Fsp3) is 0.800. The van der Waals surface area contributed by atoms with E-state index in [-0.39, 0.29) is 0 Å². The van der Waals surface area contributed by atoms with Crippen molar-refractivity contribution in [2.75, 3.05) is 35.2 Å². The van der Waals surface area contributed by atoms with Crippen molar-refractivity contribution in [1.29, 1.82) is 0 Å². The van der Waals surface area contributed by atoms with E-state index < -0.39 is 0 Å². The molecule has 2 N–H and O–H groups in total. The van der Waals surface area contributed by atoms with Crippen LogP contribution >= 0.6 is 0 Å². The lowest BCUT2D eigenvalue weighted by Gasteiger charge is -2.19. The highest BCUT2D eigenvalue weighted by atomic mass is 15.3. The molecule has 0 spiro atoms. The molecule has 21 heavy (non-hydrogen) atoms.